The van der Waals surface area contributed by atoms with Gasteiger partial charge < -0.3 is 4.74 Å². The van der Waals surface area contributed by atoms with Gasteiger partial charge in [-0.1, -0.05) is 57.2 Å². The number of ketones is 1. The van der Waals surface area contributed by atoms with Gasteiger partial charge in [-0.25, -0.2) is 0 Å². The molecular weight excluding hydrogens is 300 g/mol. The van der Waals surface area contributed by atoms with Crippen LogP contribution in [0.4, 0.5) is 0 Å². The number of Topliss-reactive ketones (excluding diaryl/α,β-unsaturated/α-hetero) is 1. The van der Waals surface area contributed by atoms with Gasteiger partial charge in [0.25, 0.3) is 0 Å². The molecule has 0 saturated heterocycles. The Labute approximate surface area is 142 Å². The quantitative estimate of drug-likeness (QED) is 0.602. The second-order valence-corrected chi connectivity index (χ2v) is 8.01. The van der Waals surface area contributed by atoms with Gasteiger partial charge in [-0.15, -0.1) is 0 Å². The van der Waals surface area contributed by atoms with Crippen LogP contribution in [0, 0.1) is 16.2 Å². The number of hydrogen-bond acceptors (Lipinski definition) is 3. The summed E-state index contributed by atoms with van der Waals surface area (Å²) in [7, 11) is 0. The Morgan fingerprint density at radius 2 is 1.71 bits per heavy atom. The minimum atomic E-state index is -0.699. The Bertz CT molecular complexity index is 861. The van der Waals surface area contributed by atoms with Crippen LogP contribution in [-0.2, 0) is 9.59 Å². The van der Waals surface area contributed by atoms with Crippen LogP contribution >= 0.6 is 0 Å². The molecule has 24 heavy (non-hydrogen) atoms. The van der Waals surface area contributed by atoms with Gasteiger partial charge in [-0.2, -0.15) is 0 Å². The van der Waals surface area contributed by atoms with E-state index in [1.54, 1.807) is 0 Å². The average Bonchev–Trinajstić information content (AvgIpc) is 2.85. The largest absolute Gasteiger partial charge is 0.425 e. The lowest BCUT2D eigenvalue weighted by Gasteiger charge is -2.37. The van der Waals surface area contributed by atoms with Crippen molar-refractivity contribution in [2.75, 3.05) is 0 Å². The summed E-state index contributed by atoms with van der Waals surface area (Å²) >= 11 is 0. The molecule has 0 radical (unpaired) electrons. The highest BCUT2D eigenvalue weighted by Crippen LogP contribution is 2.70. The van der Waals surface area contributed by atoms with Crippen LogP contribution in [0.3, 0.4) is 0 Å². The predicted octanol–water partition coefficient (Wildman–Crippen LogP) is 4.53. The van der Waals surface area contributed by atoms with Crippen molar-refractivity contribution in [2.24, 2.45) is 16.2 Å². The van der Waals surface area contributed by atoms with Gasteiger partial charge >= 0.3 is 5.97 Å². The third kappa shape index (κ3) is 1.68. The molecule has 2 aliphatic rings. The average molecular weight is 322 g/mol. The lowest BCUT2D eigenvalue weighted by molar-refractivity contribution is -0.151. The maximum atomic E-state index is 13.2. The summed E-state index contributed by atoms with van der Waals surface area (Å²) in [5.74, 6) is 0.531. The Balaban J connectivity index is 1.74. The summed E-state index contributed by atoms with van der Waals surface area (Å²) in [6.45, 7) is 6.11. The monoisotopic (exact) mass is 322 g/mol. The molecule has 0 aliphatic heterocycles. The van der Waals surface area contributed by atoms with E-state index in [2.05, 4.69) is 13.8 Å². The van der Waals surface area contributed by atoms with Crippen LogP contribution < -0.4 is 4.74 Å². The SMILES string of the molecule is CC1(C)[C@]2(C(=O)Oc3cccc4ccccc34)CC[C@@]1(C)C(=O)C2. The van der Waals surface area contributed by atoms with E-state index in [4.69, 9.17) is 4.74 Å². The predicted molar refractivity (Wildman–Crippen MR) is 92.8 cm³/mol. The number of benzene rings is 2. The summed E-state index contributed by atoms with van der Waals surface area (Å²) in [4.78, 5) is 25.7. The zero-order chi connectivity index (χ0) is 17.2. The fourth-order valence-corrected chi connectivity index (χ4v) is 4.79. The highest BCUT2D eigenvalue weighted by molar-refractivity contribution is 5.99. The van der Waals surface area contributed by atoms with E-state index < -0.39 is 10.8 Å². The number of fused-ring (bicyclic) bond motifs is 3. The summed E-state index contributed by atoms with van der Waals surface area (Å²) in [5, 5.41) is 1.96. The molecule has 2 aliphatic carbocycles. The zero-order valence-corrected chi connectivity index (χ0v) is 14.4. The molecule has 2 saturated carbocycles. The van der Waals surface area contributed by atoms with Crippen LogP contribution in [-0.4, -0.2) is 11.8 Å². The standard InChI is InChI=1S/C21H22O3/c1-19(2)20(3)11-12-21(19,13-17(20)22)18(23)24-16-10-6-8-14-7-4-5-9-15(14)16/h4-10H,11-13H2,1-3H3/t20-,21+/m0/s1. The molecule has 2 atom stereocenters. The molecule has 0 unspecified atom stereocenters. The number of rotatable bonds is 2. The topological polar surface area (TPSA) is 43.4 Å². The van der Waals surface area contributed by atoms with Crippen molar-refractivity contribution in [3.63, 3.8) is 0 Å². The normalized spacial score (nSPS) is 30.7. The molecule has 3 heteroatoms. The molecule has 124 valence electrons. The molecule has 0 spiro atoms. The fraction of sp³-hybridized carbons (Fsp3) is 0.429. The minimum absolute atomic E-state index is 0.202. The van der Waals surface area contributed by atoms with Crippen LogP contribution in [0.5, 0.6) is 5.75 Å². The van der Waals surface area contributed by atoms with Crippen LogP contribution in [0.1, 0.15) is 40.0 Å². The molecular formula is C21H22O3. The Kier molecular flexibility index (Phi) is 3.00. The second kappa shape index (κ2) is 4.69. The van der Waals surface area contributed by atoms with Crippen molar-refractivity contribution in [1.29, 1.82) is 0 Å². The lowest BCUT2D eigenvalue weighted by atomic mass is 9.65. The van der Waals surface area contributed by atoms with E-state index in [1.165, 1.54) is 0 Å². The maximum absolute atomic E-state index is 13.2. The lowest BCUT2D eigenvalue weighted by Crippen LogP contribution is -2.42. The Morgan fingerprint density at radius 3 is 2.38 bits per heavy atom. The van der Waals surface area contributed by atoms with E-state index in [1.807, 2.05) is 49.4 Å². The van der Waals surface area contributed by atoms with Gasteiger partial charge in [0, 0.05) is 17.2 Å². The van der Waals surface area contributed by atoms with Crippen molar-refractivity contribution in [3.05, 3.63) is 42.5 Å². The molecule has 0 aromatic heterocycles. The molecule has 0 N–H and O–H groups in total. The number of hydrogen-bond donors (Lipinski definition) is 0. The van der Waals surface area contributed by atoms with Crippen molar-refractivity contribution in [3.8, 4) is 5.75 Å². The van der Waals surface area contributed by atoms with Crippen LogP contribution in [0.25, 0.3) is 10.8 Å². The smallest absolute Gasteiger partial charge is 0.318 e. The van der Waals surface area contributed by atoms with Crippen molar-refractivity contribution < 1.29 is 14.3 Å². The van der Waals surface area contributed by atoms with Crippen LogP contribution in [0.2, 0.25) is 0 Å². The number of esters is 1. The van der Waals surface area contributed by atoms with Gasteiger partial charge in [-0.3, -0.25) is 9.59 Å². The molecule has 2 fully saturated rings. The number of carbonyl (C=O) groups is 2. The summed E-state index contributed by atoms with van der Waals surface area (Å²) < 4.78 is 5.87. The summed E-state index contributed by atoms with van der Waals surface area (Å²) in [6.07, 6.45) is 1.80. The van der Waals surface area contributed by atoms with Gasteiger partial charge in [0.2, 0.25) is 0 Å². The minimum Gasteiger partial charge on any atom is -0.425 e. The zero-order valence-electron chi connectivity index (χ0n) is 14.4. The second-order valence-electron chi connectivity index (χ2n) is 8.01. The van der Waals surface area contributed by atoms with Gasteiger partial charge in [0.05, 0.1) is 5.41 Å². The first-order chi connectivity index (χ1) is 11.3. The van der Waals surface area contributed by atoms with Gasteiger partial charge in [-0.05, 0) is 29.7 Å². The third-order valence-corrected chi connectivity index (χ3v) is 7.05. The molecule has 3 nitrogen and oxygen atoms in total. The molecule has 2 bridgehead atoms. The Morgan fingerprint density at radius 1 is 1.00 bits per heavy atom. The fourth-order valence-electron chi connectivity index (χ4n) is 4.79. The number of carbonyl (C=O) groups excluding carboxylic acids is 2. The van der Waals surface area contributed by atoms with E-state index in [0.717, 1.165) is 23.6 Å². The van der Waals surface area contributed by atoms with E-state index in [-0.39, 0.29) is 17.2 Å². The first-order valence-electron chi connectivity index (χ1n) is 8.55. The Hall–Kier alpha value is -2.16. The molecule has 0 amide bonds. The summed E-state index contributed by atoms with van der Waals surface area (Å²) in [5.41, 5.74) is -1.49. The van der Waals surface area contributed by atoms with Gasteiger partial charge in [0.1, 0.15) is 11.5 Å². The molecule has 0 heterocycles. The maximum Gasteiger partial charge on any atom is 0.318 e. The highest BCUT2D eigenvalue weighted by Gasteiger charge is 2.73. The molecule has 2 aromatic rings. The molecule has 2 aromatic carbocycles. The van der Waals surface area contributed by atoms with Crippen molar-refractivity contribution >= 4 is 22.5 Å². The number of ether oxygens (including phenoxy) is 1. The van der Waals surface area contributed by atoms with E-state index in [0.29, 0.717) is 12.2 Å². The first kappa shape index (κ1) is 15.4. The third-order valence-electron chi connectivity index (χ3n) is 7.05. The van der Waals surface area contributed by atoms with Crippen LogP contribution in [0.15, 0.2) is 42.5 Å². The van der Waals surface area contributed by atoms with E-state index in [9.17, 15) is 9.59 Å². The first-order valence-corrected chi connectivity index (χ1v) is 8.55. The summed E-state index contributed by atoms with van der Waals surface area (Å²) in [6, 6.07) is 13.6. The highest BCUT2D eigenvalue weighted by atomic mass is 16.5. The van der Waals surface area contributed by atoms with Crippen molar-refractivity contribution in [2.45, 2.75) is 40.0 Å². The van der Waals surface area contributed by atoms with Crippen molar-refractivity contribution in [1.82, 2.24) is 0 Å². The van der Waals surface area contributed by atoms with Gasteiger partial charge in [0.15, 0.2) is 0 Å². The van der Waals surface area contributed by atoms with E-state index >= 15 is 0 Å². The molecule has 4 rings (SSSR count).